The Kier molecular flexibility index (Phi) is 5.44. The first-order valence-electron chi connectivity index (χ1n) is 10.7. The van der Waals surface area contributed by atoms with Crippen LogP contribution in [0.25, 0.3) is 10.8 Å². The Labute approximate surface area is 188 Å². The van der Waals surface area contributed by atoms with E-state index in [0.717, 1.165) is 23.6 Å². The molecule has 2 saturated heterocycles. The highest BCUT2D eigenvalue weighted by Gasteiger charge is 2.42. The fourth-order valence-corrected chi connectivity index (χ4v) is 5.85. The molecule has 1 amide bonds. The van der Waals surface area contributed by atoms with Crippen LogP contribution in [-0.2, 0) is 4.79 Å². The molecular weight excluding hydrogens is 428 g/mol. The fraction of sp³-hybridized carbons (Fsp3) is 0.348. The van der Waals surface area contributed by atoms with Gasteiger partial charge in [0.25, 0.3) is 5.91 Å². The molecule has 8 nitrogen and oxygen atoms in total. The van der Waals surface area contributed by atoms with Crippen molar-refractivity contribution in [2.45, 2.75) is 43.9 Å². The zero-order valence-corrected chi connectivity index (χ0v) is 18.1. The Morgan fingerprint density at radius 3 is 2.53 bits per heavy atom. The molecular formula is C23H24N4O4S. The number of carboxylic acids is 1. The summed E-state index contributed by atoms with van der Waals surface area (Å²) in [6, 6.07) is 14.0. The molecule has 2 aliphatic rings. The number of aromatic nitrogens is 1. The van der Waals surface area contributed by atoms with Gasteiger partial charge in [-0.25, -0.2) is 4.98 Å². The number of carbonyl (C=O) groups is 2. The third-order valence-electron chi connectivity index (χ3n) is 6.17. The minimum absolute atomic E-state index is 0.193. The number of aliphatic carboxylic acids is 1. The van der Waals surface area contributed by atoms with Crippen LogP contribution in [0.2, 0.25) is 0 Å². The van der Waals surface area contributed by atoms with Crippen molar-refractivity contribution in [3.63, 3.8) is 0 Å². The SMILES string of the molecule is O=C(O)CNc1nc(N2C3CCC2CC(O)C3)sc1C(=O)Nc1ccc2ccccc2c1. The van der Waals surface area contributed by atoms with Crippen LogP contribution in [0, 0.1) is 0 Å². The van der Waals surface area contributed by atoms with Gasteiger partial charge in [-0.3, -0.25) is 9.59 Å². The molecule has 166 valence electrons. The second kappa shape index (κ2) is 8.40. The molecule has 2 unspecified atom stereocenters. The zero-order chi connectivity index (χ0) is 22.2. The van der Waals surface area contributed by atoms with E-state index < -0.39 is 5.97 Å². The van der Waals surface area contributed by atoms with Gasteiger partial charge in [-0.05, 0) is 48.6 Å². The van der Waals surface area contributed by atoms with Gasteiger partial charge in [0, 0.05) is 17.8 Å². The number of aliphatic hydroxyl groups excluding tert-OH is 1. The lowest BCUT2D eigenvalue weighted by Gasteiger charge is -2.36. The predicted octanol–water partition coefficient (Wildman–Crippen LogP) is 3.54. The number of aliphatic hydroxyl groups is 1. The van der Waals surface area contributed by atoms with E-state index in [4.69, 9.17) is 5.11 Å². The lowest BCUT2D eigenvalue weighted by molar-refractivity contribution is -0.134. The van der Waals surface area contributed by atoms with E-state index in [2.05, 4.69) is 20.5 Å². The normalized spacial score (nSPS) is 22.2. The second-order valence-corrected chi connectivity index (χ2v) is 9.33. The van der Waals surface area contributed by atoms with E-state index in [1.807, 2.05) is 42.5 Å². The van der Waals surface area contributed by atoms with Crippen LogP contribution in [0.3, 0.4) is 0 Å². The monoisotopic (exact) mass is 452 g/mol. The summed E-state index contributed by atoms with van der Waals surface area (Å²) in [6.07, 6.45) is 3.04. The van der Waals surface area contributed by atoms with Gasteiger partial charge in [0.15, 0.2) is 10.9 Å². The van der Waals surface area contributed by atoms with Crippen molar-refractivity contribution < 1.29 is 19.8 Å². The summed E-state index contributed by atoms with van der Waals surface area (Å²) >= 11 is 1.26. The maximum Gasteiger partial charge on any atom is 0.322 e. The first-order valence-corrected chi connectivity index (χ1v) is 11.5. The Morgan fingerprint density at radius 1 is 1.09 bits per heavy atom. The molecule has 1 aromatic heterocycles. The molecule has 2 atom stereocenters. The lowest BCUT2D eigenvalue weighted by atomic mass is 10.0. The second-order valence-electron chi connectivity index (χ2n) is 8.36. The van der Waals surface area contributed by atoms with Gasteiger partial charge in [0.2, 0.25) is 0 Å². The summed E-state index contributed by atoms with van der Waals surface area (Å²) in [5.41, 5.74) is 0.661. The molecule has 0 radical (unpaired) electrons. The summed E-state index contributed by atoms with van der Waals surface area (Å²) < 4.78 is 0. The molecule has 2 bridgehead atoms. The number of amides is 1. The Bertz CT molecular complexity index is 1170. The molecule has 9 heteroatoms. The van der Waals surface area contributed by atoms with Gasteiger partial charge >= 0.3 is 5.97 Å². The molecule has 2 aliphatic heterocycles. The van der Waals surface area contributed by atoms with Crippen LogP contribution in [0.4, 0.5) is 16.6 Å². The Morgan fingerprint density at radius 2 is 1.81 bits per heavy atom. The van der Waals surface area contributed by atoms with Gasteiger partial charge in [-0.15, -0.1) is 0 Å². The van der Waals surface area contributed by atoms with Crippen molar-refractivity contribution in [1.29, 1.82) is 0 Å². The third-order valence-corrected chi connectivity index (χ3v) is 7.23. The molecule has 2 fully saturated rings. The van der Waals surface area contributed by atoms with E-state index in [1.165, 1.54) is 11.3 Å². The van der Waals surface area contributed by atoms with Gasteiger partial charge in [-0.1, -0.05) is 41.7 Å². The van der Waals surface area contributed by atoms with Gasteiger partial charge in [-0.2, -0.15) is 0 Å². The first-order chi connectivity index (χ1) is 15.5. The average molecular weight is 453 g/mol. The molecule has 3 aromatic rings. The van der Waals surface area contributed by atoms with Crippen molar-refractivity contribution in [3.05, 3.63) is 47.3 Å². The van der Waals surface area contributed by atoms with E-state index in [1.54, 1.807) is 0 Å². The number of nitrogens with zero attached hydrogens (tertiary/aromatic N) is 2. The van der Waals surface area contributed by atoms with Gasteiger partial charge in [0.05, 0.1) is 6.10 Å². The standard InChI is InChI=1S/C23H24N4O4S/c28-18-10-16-7-8-17(11-18)27(16)23-26-21(24-12-19(29)30)20(32-23)22(31)25-15-6-5-13-3-1-2-4-14(13)9-15/h1-6,9,16-18,24,28H,7-8,10-12H2,(H,25,31)(H,29,30). The van der Waals surface area contributed by atoms with Crippen LogP contribution in [0.15, 0.2) is 42.5 Å². The van der Waals surface area contributed by atoms with E-state index in [-0.39, 0.29) is 36.5 Å². The molecule has 0 spiro atoms. The van der Waals surface area contributed by atoms with Crippen molar-refractivity contribution in [3.8, 4) is 0 Å². The number of nitrogens with one attached hydrogen (secondary N) is 2. The highest BCUT2D eigenvalue weighted by Crippen LogP contribution is 2.42. The minimum Gasteiger partial charge on any atom is -0.480 e. The molecule has 3 heterocycles. The first kappa shape index (κ1) is 20.7. The highest BCUT2D eigenvalue weighted by molar-refractivity contribution is 7.18. The maximum absolute atomic E-state index is 13.2. The van der Waals surface area contributed by atoms with Crippen LogP contribution in [0.1, 0.15) is 35.4 Å². The number of hydrogen-bond donors (Lipinski definition) is 4. The van der Waals surface area contributed by atoms with E-state index >= 15 is 0 Å². The lowest BCUT2D eigenvalue weighted by Crippen LogP contribution is -2.44. The highest BCUT2D eigenvalue weighted by atomic mass is 32.1. The number of thiazole rings is 1. The molecule has 5 rings (SSSR count). The van der Waals surface area contributed by atoms with E-state index in [9.17, 15) is 14.7 Å². The van der Waals surface area contributed by atoms with Crippen LogP contribution < -0.4 is 15.5 Å². The smallest absolute Gasteiger partial charge is 0.322 e. The topological polar surface area (TPSA) is 115 Å². The fourth-order valence-electron chi connectivity index (χ4n) is 4.77. The van der Waals surface area contributed by atoms with Crippen molar-refractivity contribution in [2.75, 3.05) is 22.1 Å². The van der Waals surface area contributed by atoms with Gasteiger partial charge in [0.1, 0.15) is 11.4 Å². The summed E-state index contributed by atoms with van der Waals surface area (Å²) in [7, 11) is 0. The summed E-state index contributed by atoms with van der Waals surface area (Å²) in [6.45, 7) is -0.328. The van der Waals surface area contributed by atoms with Crippen LogP contribution in [-0.4, -0.2) is 51.8 Å². The zero-order valence-electron chi connectivity index (χ0n) is 17.3. The van der Waals surface area contributed by atoms with Crippen LogP contribution >= 0.6 is 11.3 Å². The number of carbonyl (C=O) groups excluding carboxylic acids is 1. The number of rotatable bonds is 6. The van der Waals surface area contributed by atoms with Crippen LogP contribution in [0.5, 0.6) is 0 Å². The molecule has 4 N–H and O–H groups in total. The molecule has 0 aliphatic carbocycles. The Balaban J connectivity index is 1.43. The molecule has 2 aromatic carbocycles. The number of fused-ring (bicyclic) bond motifs is 3. The third kappa shape index (κ3) is 4.01. The predicted molar refractivity (Wildman–Crippen MR) is 125 cm³/mol. The maximum atomic E-state index is 13.2. The summed E-state index contributed by atoms with van der Waals surface area (Å²) in [5, 5.41) is 27.7. The number of carboxylic acid groups (broad SMARTS) is 1. The number of anilines is 3. The average Bonchev–Trinajstić information content (AvgIpc) is 3.30. The van der Waals surface area contributed by atoms with Crippen molar-refractivity contribution in [2.24, 2.45) is 0 Å². The van der Waals surface area contributed by atoms with Crippen molar-refractivity contribution in [1.82, 2.24) is 4.98 Å². The molecule has 32 heavy (non-hydrogen) atoms. The largest absolute Gasteiger partial charge is 0.480 e. The number of piperidine rings is 1. The summed E-state index contributed by atoms with van der Waals surface area (Å²) in [5.74, 6) is -1.08. The number of benzene rings is 2. The minimum atomic E-state index is -1.03. The summed E-state index contributed by atoms with van der Waals surface area (Å²) in [4.78, 5) is 31.4. The number of hydrogen-bond acceptors (Lipinski definition) is 7. The quantitative estimate of drug-likeness (QED) is 0.452. The van der Waals surface area contributed by atoms with E-state index in [0.29, 0.717) is 28.5 Å². The van der Waals surface area contributed by atoms with Crippen molar-refractivity contribution >= 4 is 50.6 Å². The molecule has 0 saturated carbocycles. The van der Waals surface area contributed by atoms with Gasteiger partial charge < -0.3 is 25.7 Å². The Hall–Kier alpha value is -3.17.